The predicted octanol–water partition coefficient (Wildman–Crippen LogP) is 1.81. The second kappa shape index (κ2) is 16.4. The minimum atomic E-state index is -0.753. The number of primary amides is 1. The summed E-state index contributed by atoms with van der Waals surface area (Å²) >= 11 is 0. The number of nitrogens with one attached hydrogen (secondary N) is 2. The summed E-state index contributed by atoms with van der Waals surface area (Å²) in [5.74, 6) is 0.878. The van der Waals surface area contributed by atoms with Crippen LogP contribution in [0.5, 0.6) is 0 Å². The Morgan fingerprint density at radius 3 is 2.09 bits per heavy atom. The Hall–Kier alpha value is -3.18. The molecule has 5 rings (SSSR count). The number of nitrogens with zero attached hydrogens (tertiary/aromatic N) is 1. The Labute approximate surface area is 268 Å². The molecule has 4 saturated carbocycles. The number of hydrogen-bond donors (Lipinski definition) is 7. The fourth-order valence-electron chi connectivity index (χ4n) is 8.82. The molecule has 0 aliphatic heterocycles. The molecule has 4 bridgehead atoms. The summed E-state index contributed by atoms with van der Waals surface area (Å²) in [6.07, 6.45) is 12.1. The van der Waals surface area contributed by atoms with Crippen LogP contribution in [0.4, 0.5) is 0 Å². The summed E-state index contributed by atoms with van der Waals surface area (Å²) in [6.45, 7) is 0.934. The van der Waals surface area contributed by atoms with E-state index in [9.17, 15) is 14.4 Å². The number of rotatable bonds is 19. The molecule has 1 aromatic carbocycles. The number of aliphatic imine (C=N–C) groups is 1. The topological polar surface area (TPSA) is 218 Å². The highest BCUT2D eigenvalue weighted by Crippen LogP contribution is 2.62. The van der Waals surface area contributed by atoms with E-state index in [1.807, 2.05) is 30.3 Å². The molecule has 2 unspecified atom stereocenters. The quantitative estimate of drug-likeness (QED) is 0.0687. The van der Waals surface area contributed by atoms with Crippen LogP contribution in [0.2, 0.25) is 0 Å². The van der Waals surface area contributed by atoms with E-state index in [2.05, 4.69) is 15.6 Å². The lowest BCUT2D eigenvalue weighted by Gasteiger charge is -2.57. The summed E-state index contributed by atoms with van der Waals surface area (Å²) in [5.41, 5.74) is 30.0. The smallest absolute Gasteiger partial charge is 0.239 e. The van der Waals surface area contributed by atoms with E-state index in [0.29, 0.717) is 51.6 Å². The van der Waals surface area contributed by atoms with Crippen molar-refractivity contribution in [2.75, 3.05) is 13.1 Å². The third kappa shape index (κ3) is 10.4. The number of guanidine groups is 1. The summed E-state index contributed by atoms with van der Waals surface area (Å²) in [6, 6.07) is 7.88. The minimum Gasteiger partial charge on any atom is -0.370 e. The van der Waals surface area contributed by atoms with Gasteiger partial charge in [-0.25, -0.2) is 0 Å². The fourth-order valence-corrected chi connectivity index (χ4v) is 8.82. The van der Waals surface area contributed by atoms with Crippen LogP contribution in [0, 0.1) is 29.1 Å². The maximum absolute atomic E-state index is 14.1. The van der Waals surface area contributed by atoms with Crippen molar-refractivity contribution in [3.05, 3.63) is 35.9 Å². The average molecular weight is 625 g/mol. The molecule has 11 nitrogen and oxygen atoms in total. The average Bonchev–Trinajstić information content (AvgIpc) is 2.97. The van der Waals surface area contributed by atoms with Crippen LogP contribution in [0.1, 0.15) is 89.0 Å². The van der Waals surface area contributed by atoms with E-state index < -0.39 is 23.9 Å². The minimum absolute atomic E-state index is 0.0201. The van der Waals surface area contributed by atoms with E-state index >= 15 is 0 Å². The Bertz CT molecular complexity index is 1120. The summed E-state index contributed by atoms with van der Waals surface area (Å²) in [4.78, 5) is 44.0. The van der Waals surface area contributed by atoms with Gasteiger partial charge in [0.2, 0.25) is 17.7 Å². The molecule has 4 atom stereocenters. The van der Waals surface area contributed by atoms with Gasteiger partial charge < -0.3 is 39.3 Å². The Morgan fingerprint density at radius 2 is 1.51 bits per heavy atom. The first-order chi connectivity index (χ1) is 21.6. The summed E-state index contributed by atoms with van der Waals surface area (Å²) in [5, 5.41) is 6.18. The van der Waals surface area contributed by atoms with Crippen LogP contribution in [-0.2, 0) is 20.8 Å². The lowest BCUT2D eigenvalue weighted by molar-refractivity contribution is -0.134. The molecule has 4 fully saturated rings. The van der Waals surface area contributed by atoms with E-state index in [1.54, 1.807) is 0 Å². The van der Waals surface area contributed by atoms with Crippen molar-refractivity contribution in [1.82, 2.24) is 10.6 Å². The number of nitrogens with two attached hydrogens (primary N) is 5. The monoisotopic (exact) mass is 624 g/mol. The van der Waals surface area contributed by atoms with Crippen LogP contribution < -0.4 is 39.3 Å². The predicted molar refractivity (Wildman–Crippen MR) is 177 cm³/mol. The maximum Gasteiger partial charge on any atom is 0.239 e. The SMILES string of the molecule is NCCCC[C@H](NC(=O)[C@@H](CC(CCCN=C(N)N)NC(=O)C(N)Cc1ccccc1)CC12CC3CC(CC(C3)C1)C2)C(N)=O. The zero-order valence-electron chi connectivity index (χ0n) is 26.8. The Balaban J connectivity index is 1.52. The van der Waals surface area contributed by atoms with Gasteiger partial charge in [-0.3, -0.25) is 19.4 Å². The van der Waals surface area contributed by atoms with Crippen molar-refractivity contribution < 1.29 is 14.4 Å². The van der Waals surface area contributed by atoms with Crippen molar-refractivity contribution in [1.29, 1.82) is 0 Å². The molecular formula is C34H56N8O3. The number of carbonyl (C=O) groups is 3. The highest BCUT2D eigenvalue weighted by Gasteiger charge is 2.52. The molecule has 0 radical (unpaired) electrons. The number of benzene rings is 1. The molecule has 0 saturated heterocycles. The molecule has 4 aliphatic carbocycles. The molecule has 4 aliphatic rings. The van der Waals surface area contributed by atoms with Gasteiger partial charge in [0.25, 0.3) is 0 Å². The van der Waals surface area contributed by atoms with Gasteiger partial charge >= 0.3 is 0 Å². The van der Waals surface area contributed by atoms with Crippen LogP contribution >= 0.6 is 0 Å². The third-order valence-corrected chi connectivity index (χ3v) is 10.4. The summed E-state index contributed by atoms with van der Waals surface area (Å²) < 4.78 is 0. The number of unbranched alkanes of at least 4 members (excludes halogenated alkanes) is 1. The van der Waals surface area contributed by atoms with Crippen LogP contribution in [-0.4, -0.2) is 54.9 Å². The second-order valence-electron chi connectivity index (χ2n) is 14.3. The lowest BCUT2D eigenvalue weighted by Crippen LogP contribution is -2.52. The molecule has 45 heavy (non-hydrogen) atoms. The number of amides is 3. The molecule has 0 spiro atoms. The van der Waals surface area contributed by atoms with Crippen molar-refractivity contribution in [3.63, 3.8) is 0 Å². The van der Waals surface area contributed by atoms with Crippen molar-refractivity contribution in [3.8, 4) is 0 Å². The van der Waals surface area contributed by atoms with Crippen molar-refractivity contribution in [2.24, 2.45) is 62.7 Å². The zero-order chi connectivity index (χ0) is 32.4. The number of hydrogen-bond acceptors (Lipinski definition) is 6. The first-order valence-corrected chi connectivity index (χ1v) is 17.0. The molecule has 3 amide bonds. The van der Waals surface area contributed by atoms with Crippen LogP contribution in [0.25, 0.3) is 0 Å². The third-order valence-electron chi connectivity index (χ3n) is 10.4. The summed E-state index contributed by atoms with van der Waals surface area (Å²) in [7, 11) is 0. The van der Waals surface area contributed by atoms with Crippen molar-refractivity contribution in [2.45, 2.75) is 108 Å². The zero-order valence-corrected chi connectivity index (χ0v) is 26.8. The Morgan fingerprint density at radius 1 is 0.867 bits per heavy atom. The first-order valence-electron chi connectivity index (χ1n) is 17.0. The highest BCUT2D eigenvalue weighted by atomic mass is 16.2. The van der Waals surface area contributed by atoms with Gasteiger partial charge in [0, 0.05) is 18.5 Å². The first kappa shape index (κ1) is 34.7. The van der Waals surface area contributed by atoms with Gasteiger partial charge in [-0.15, -0.1) is 0 Å². The van der Waals surface area contributed by atoms with E-state index in [4.69, 9.17) is 28.7 Å². The normalized spacial score (nSPS) is 26.0. The fraction of sp³-hybridized carbons (Fsp3) is 0.706. The van der Waals surface area contributed by atoms with Crippen LogP contribution in [0.15, 0.2) is 35.3 Å². The van der Waals surface area contributed by atoms with Crippen molar-refractivity contribution >= 4 is 23.7 Å². The van der Waals surface area contributed by atoms with Crippen LogP contribution in [0.3, 0.4) is 0 Å². The van der Waals surface area contributed by atoms with E-state index in [0.717, 1.165) is 55.4 Å². The Kier molecular flexibility index (Phi) is 12.6. The van der Waals surface area contributed by atoms with Gasteiger partial charge in [0.05, 0.1) is 6.04 Å². The number of carbonyl (C=O) groups excluding carboxylic acids is 3. The molecular weight excluding hydrogens is 568 g/mol. The molecule has 0 heterocycles. The molecule has 1 aromatic rings. The highest BCUT2D eigenvalue weighted by molar-refractivity contribution is 5.87. The van der Waals surface area contributed by atoms with Gasteiger partial charge in [0.1, 0.15) is 6.04 Å². The maximum atomic E-state index is 14.1. The van der Waals surface area contributed by atoms with Gasteiger partial charge in [-0.2, -0.15) is 0 Å². The van der Waals surface area contributed by atoms with Gasteiger partial charge in [0.15, 0.2) is 5.96 Å². The largest absolute Gasteiger partial charge is 0.370 e. The van der Waals surface area contributed by atoms with E-state index in [1.165, 1.54) is 19.3 Å². The van der Waals surface area contributed by atoms with Gasteiger partial charge in [-0.05, 0) is 125 Å². The molecule has 0 aromatic heterocycles. The second-order valence-corrected chi connectivity index (χ2v) is 14.3. The standard InChI is InChI=1S/C34H56N8O3/c35-11-5-4-10-29(30(37)43)42-31(44)26(21-34-18-23-13-24(19-34)15-25(14-23)20-34)17-27(9-6-12-40-33(38)39)41-32(45)28(36)16-22-7-2-1-3-8-22/h1-3,7-8,23-29H,4-6,9-21,35-36H2,(H2,37,43)(H,41,45)(H,42,44)(H4,38,39,40)/t23?,24?,25?,26-,27?,28?,29-,34?/m0/s1. The molecule has 11 heteroatoms. The molecule has 250 valence electrons. The van der Waals surface area contributed by atoms with E-state index in [-0.39, 0.29) is 29.2 Å². The lowest BCUT2D eigenvalue weighted by atomic mass is 9.48. The molecule has 12 N–H and O–H groups in total. The van der Waals surface area contributed by atoms with Gasteiger partial charge in [-0.1, -0.05) is 30.3 Å².